The van der Waals surface area contributed by atoms with Gasteiger partial charge in [0.1, 0.15) is 29.2 Å². The Morgan fingerprint density at radius 1 is 1.12 bits per heavy atom. The lowest BCUT2D eigenvalue weighted by molar-refractivity contribution is 0.538. The highest BCUT2D eigenvalue weighted by Crippen LogP contribution is 2.21. The molecule has 0 saturated heterocycles. The fraction of sp³-hybridized carbons (Fsp3) is 0.125. The largest absolute Gasteiger partial charge is 0.244 e. The number of aromatic nitrogens is 3. The van der Waals surface area contributed by atoms with Crippen molar-refractivity contribution in [3.05, 3.63) is 72.3 Å². The summed E-state index contributed by atoms with van der Waals surface area (Å²) in [6, 6.07) is 8.57. The first-order valence-corrected chi connectivity index (χ1v) is 8.77. The van der Waals surface area contributed by atoms with Crippen LogP contribution in [-0.2, 0) is 10.0 Å². The van der Waals surface area contributed by atoms with Crippen molar-refractivity contribution >= 4 is 10.0 Å². The molecule has 0 aliphatic carbocycles. The van der Waals surface area contributed by atoms with E-state index in [1.807, 2.05) is 0 Å². The summed E-state index contributed by atoms with van der Waals surface area (Å²) in [7, 11) is -4.21. The summed E-state index contributed by atoms with van der Waals surface area (Å²) in [5, 5.41) is 3.99. The summed E-state index contributed by atoms with van der Waals surface area (Å²) >= 11 is 0. The van der Waals surface area contributed by atoms with Gasteiger partial charge in [-0.05, 0) is 42.8 Å². The number of sulfonamides is 1. The number of hydrogen-bond donors (Lipinski definition) is 1. The van der Waals surface area contributed by atoms with Gasteiger partial charge in [0.05, 0.1) is 5.69 Å². The zero-order valence-electron chi connectivity index (χ0n) is 13.1. The van der Waals surface area contributed by atoms with Crippen LogP contribution in [-0.4, -0.2) is 23.2 Å². The monoisotopic (exact) mass is 364 g/mol. The summed E-state index contributed by atoms with van der Waals surface area (Å²) in [4.78, 5) is 3.12. The van der Waals surface area contributed by atoms with Crippen molar-refractivity contribution in [1.29, 1.82) is 0 Å². The van der Waals surface area contributed by atoms with Crippen molar-refractivity contribution in [3.8, 4) is 5.69 Å². The molecule has 1 unspecified atom stereocenters. The third-order valence-electron chi connectivity index (χ3n) is 3.59. The second-order valence-electron chi connectivity index (χ2n) is 5.35. The predicted molar refractivity (Wildman–Crippen MR) is 86.5 cm³/mol. The summed E-state index contributed by atoms with van der Waals surface area (Å²) < 4.78 is 55.5. The zero-order chi connectivity index (χ0) is 18.0. The van der Waals surface area contributed by atoms with E-state index in [2.05, 4.69) is 14.8 Å². The van der Waals surface area contributed by atoms with Crippen molar-refractivity contribution in [2.75, 3.05) is 0 Å². The molecule has 6 nitrogen and oxygen atoms in total. The minimum absolute atomic E-state index is 0.641. The number of hydrogen-bond acceptors (Lipinski definition) is 4. The molecule has 0 fully saturated rings. The minimum atomic E-state index is -4.21. The molecule has 9 heteroatoms. The molecule has 1 N–H and O–H groups in total. The molecule has 2 aromatic carbocycles. The van der Waals surface area contributed by atoms with Gasteiger partial charge in [-0.25, -0.2) is 31.6 Å². The highest BCUT2D eigenvalue weighted by atomic mass is 32.2. The lowest BCUT2D eigenvalue weighted by atomic mass is 10.1. The molecular weight excluding hydrogens is 350 g/mol. The first kappa shape index (κ1) is 17.2. The van der Waals surface area contributed by atoms with E-state index in [-0.39, 0.29) is 0 Å². The lowest BCUT2D eigenvalue weighted by Crippen LogP contribution is -2.27. The first-order valence-electron chi connectivity index (χ1n) is 7.29. The molecule has 0 radical (unpaired) electrons. The van der Waals surface area contributed by atoms with Crippen LogP contribution in [0.25, 0.3) is 5.69 Å². The van der Waals surface area contributed by atoms with Crippen LogP contribution in [0.2, 0.25) is 0 Å². The van der Waals surface area contributed by atoms with Crippen LogP contribution in [0, 0.1) is 11.6 Å². The molecule has 0 aliphatic rings. The minimum Gasteiger partial charge on any atom is -0.223 e. The molecule has 0 amide bonds. The van der Waals surface area contributed by atoms with Gasteiger partial charge in [0.25, 0.3) is 0 Å². The topological polar surface area (TPSA) is 76.9 Å². The third-order valence-corrected chi connectivity index (χ3v) is 5.15. The first-order chi connectivity index (χ1) is 11.9. The maximum absolute atomic E-state index is 13.7. The van der Waals surface area contributed by atoms with Crippen molar-refractivity contribution in [1.82, 2.24) is 19.5 Å². The van der Waals surface area contributed by atoms with Gasteiger partial charge in [0.15, 0.2) is 0 Å². The number of halogens is 2. The predicted octanol–water partition coefficient (Wildman–Crippen LogP) is 2.59. The molecule has 1 aromatic heterocycles. The van der Waals surface area contributed by atoms with Gasteiger partial charge in [-0.1, -0.05) is 12.1 Å². The third kappa shape index (κ3) is 3.72. The molecule has 3 rings (SSSR count). The molecule has 3 aromatic rings. The highest BCUT2D eigenvalue weighted by Gasteiger charge is 2.22. The fourth-order valence-corrected chi connectivity index (χ4v) is 3.63. The summed E-state index contributed by atoms with van der Waals surface area (Å²) in [6.45, 7) is 1.61. The van der Waals surface area contributed by atoms with E-state index in [0.29, 0.717) is 11.6 Å². The van der Waals surface area contributed by atoms with Gasteiger partial charge in [0, 0.05) is 6.04 Å². The zero-order valence-corrected chi connectivity index (χ0v) is 13.9. The Bertz CT molecular complexity index is 974. The molecular formula is C16H14F2N4O2S. The van der Waals surface area contributed by atoms with Crippen LogP contribution in [0.3, 0.4) is 0 Å². The summed E-state index contributed by atoms with van der Waals surface area (Å²) in [6.07, 6.45) is 2.94. The number of nitrogens with one attached hydrogen (secondary N) is 1. The van der Waals surface area contributed by atoms with E-state index < -0.39 is 32.6 Å². The van der Waals surface area contributed by atoms with Crippen LogP contribution < -0.4 is 4.72 Å². The highest BCUT2D eigenvalue weighted by molar-refractivity contribution is 7.89. The molecule has 0 bridgehead atoms. The second kappa shape index (κ2) is 6.69. The van der Waals surface area contributed by atoms with Gasteiger partial charge in [-0.3, -0.25) is 0 Å². The van der Waals surface area contributed by atoms with Gasteiger partial charge in [-0.2, -0.15) is 5.10 Å². The molecule has 1 heterocycles. The summed E-state index contributed by atoms with van der Waals surface area (Å²) in [5.74, 6) is -1.84. The SMILES string of the molecule is CC(NS(=O)(=O)c1cc(F)ccc1F)c1ccc(-n2cncn2)cc1. The molecule has 130 valence electrons. The second-order valence-corrected chi connectivity index (χ2v) is 7.03. The van der Waals surface area contributed by atoms with Gasteiger partial charge >= 0.3 is 0 Å². The molecule has 0 aliphatic heterocycles. The lowest BCUT2D eigenvalue weighted by Gasteiger charge is -2.15. The Morgan fingerprint density at radius 2 is 1.84 bits per heavy atom. The fourth-order valence-electron chi connectivity index (χ4n) is 2.30. The Kier molecular flexibility index (Phi) is 4.60. The maximum atomic E-state index is 13.7. The normalized spacial score (nSPS) is 12.9. The summed E-state index contributed by atoms with van der Waals surface area (Å²) in [5.41, 5.74) is 1.41. The Hall–Kier alpha value is -2.65. The number of nitrogens with zero attached hydrogens (tertiary/aromatic N) is 3. The number of rotatable bonds is 5. The quantitative estimate of drug-likeness (QED) is 0.755. The van der Waals surface area contributed by atoms with Crippen LogP contribution in [0.1, 0.15) is 18.5 Å². The Balaban J connectivity index is 1.81. The van der Waals surface area contributed by atoms with Gasteiger partial charge in [-0.15, -0.1) is 0 Å². The van der Waals surface area contributed by atoms with Crippen molar-refractivity contribution < 1.29 is 17.2 Å². The van der Waals surface area contributed by atoms with Crippen LogP contribution in [0.15, 0.2) is 60.0 Å². The maximum Gasteiger partial charge on any atom is 0.244 e. The van der Waals surface area contributed by atoms with E-state index in [1.54, 1.807) is 35.9 Å². The van der Waals surface area contributed by atoms with E-state index >= 15 is 0 Å². The average Bonchev–Trinajstić information content (AvgIpc) is 3.11. The van der Waals surface area contributed by atoms with Crippen LogP contribution >= 0.6 is 0 Å². The van der Waals surface area contributed by atoms with Crippen LogP contribution in [0.5, 0.6) is 0 Å². The molecule has 25 heavy (non-hydrogen) atoms. The van der Waals surface area contributed by atoms with E-state index in [4.69, 9.17) is 0 Å². The van der Waals surface area contributed by atoms with E-state index in [9.17, 15) is 17.2 Å². The van der Waals surface area contributed by atoms with Crippen LogP contribution in [0.4, 0.5) is 8.78 Å². The standard InChI is InChI=1S/C16H14F2N4O2S/c1-11(12-2-5-14(6-3-12)22-10-19-9-20-22)21-25(23,24)16-8-13(17)4-7-15(16)18/h2-11,21H,1H3. The molecule has 0 saturated carbocycles. The van der Waals surface area contributed by atoms with Crippen molar-refractivity contribution in [2.45, 2.75) is 17.9 Å². The molecule has 1 atom stereocenters. The Labute approximate surface area is 143 Å². The molecule has 0 spiro atoms. The van der Waals surface area contributed by atoms with E-state index in [0.717, 1.165) is 17.8 Å². The van der Waals surface area contributed by atoms with E-state index in [1.165, 1.54) is 12.7 Å². The van der Waals surface area contributed by atoms with Gasteiger partial charge in [0.2, 0.25) is 10.0 Å². The number of benzene rings is 2. The van der Waals surface area contributed by atoms with Crippen molar-refractivity contribution in [2.24, 2.45) is 0 Å². The van der Waals surface area contributed by atoms with Crippen molar-refractivity contribution in [3.63, 3.8) is 0 Å². The smallest absolute Gasteiger partial charge is 0.223 e. The average molecular weight is 364 g/mol. The van der Waals surface area contributed by atoms with Gasteiger partial charge < -0.3 is 0 Å². The Morgan fingerprint density at radius 3 is 2.48 bits per heavy atom.